The highest BCUT2D eigenvalue weighted by molar-refractivity contribution is 7.13. The monoisotopic (exact) mass is 289 g/mol. The van der Waals surface area contributed by atoms with Crippen LogP contribution in [0.1, 0.15) is 43.5 Å². The van der Waals surface area contributed by atoms with Crippen molar-refractivity contribution in [1.82, 2.24) is 4.98 Å². The number of anilines is 1. The van der Waals surface area contributed by atoms with Crippen LogP contribution in [0, 0.1) is 0 Å². The third kappa shape index (κ3) is 3.43. The molecule has 0 aliphatic carbocycles. The fourth-order valence-corrected chi connectivity index (χ4v) is 2.82. The molecule has 0 aliphatic rings. The minimum atomic E-state index is -0.154. The van der Waals surface area contributed by atoms with Gasteiger partial charge in [-0.1, -0.05) is 37.3 Å². The number of aromatic nitrogens is 1. The van der Waals surface area contributed by atoms with Gasteiger partial charge in [-0.15, -0.1) is 11.3 Å². The van der Waals surface area contributed by atoms with Gasteiger partial charge in [0, 0.05) is 11.4 Å². The maximum Gasteiger partial charge on any atom is 0.233 e. The Balaban J connectivity index is 2.09. The summed E-state index contributed by atoms with van der Waals surface area (Å²) in [4.78, 5) is 16.7. The molecule has 0 saturated carbocycles. The standard InChI is InChI=1S/C15H19N3OS/c1-3-12(11-7-5-4-6-8-11)14(19)18-15-17-13(9-20-15)10(2)16/h4-10,12H,3,16H2,1-2H3,(H,17,18,19). The number of amides is 1. The van der Waals surface area contributed by atoms with Crippen LogP contribution in [-0.2, 0) is 4.79 Å². The van der Waals surface area contributed by atoms with Crippen LogP contribution in [0.2, 0.25) is 0 Å². The van der Waals surface area contributed by atoms with Gasteiger partial charge >= 0.3 is 0 Å². The predicted octanol–water partition coefficient (Wildman–Crippen LogP) is 3.30. The first kappa shape index (κ1) is 14.7. The molecule has 3 N–H and O–H groups in total. The number of nitrogens with two attached hydrogens (primary N) is 1. The molecule has 0 radical (unpaired) electrons. The van der Waals surface area contributed by atoms with E-state index in [1.165, 1.54) is 11.3 Å². The summed E-state index contributed by atoms with van der Waals surface area (Å²) in [6, 6.07) is 9.68. The molecule has 1 aromatic heterocycles. The normalized spacial score (nSPS) is 13.8. The molecule has 2 atom stereocenters. The van der Waals surface area contributed by atoms with Crippen molar-refractivity contribution >= 4 is 22.4 Å². The number of benzene rings is 1. The summed E-state index contributed by atoms with van der Waals surface area (Å²) in [6.45, 7) is 3.88. The van der Waals surface area contributed by atoms with Gasteiger partial charge in [0.2, 0.25) is 5.91 Å². The van der Waals surface area contributed by atoms with Gasteiger partial charge in [0.25, 0.3) is 0 Å². The minimum absolute atomic E-state index is 0.0238. The molecule has 4 nitrogen and oxygen atoms in total. The van der Waals surface area contributed by atoms with Crippen molar-refractivity contribution in [3.8, 4) is 0 Å². The Morgan fingerprint density at radius 3 is 2.65 bits per heavy atom. The van der Waals surface area contributed by atoms with E-state index in [0.29, 0.717) is 5.13 Å². The first-order valence-electron chi connectivity index (χ1n) is 6.68. The summed E-state index contributed by atoms with van der Waals surface area (Å²) in [5.74, 6) is -0.178. The van der Waals surface area contributed by atoms with Crippen molar-refractivity contribution < 1.29 is 4.79 Å². The molecule has 0 saturated heterocycles. The molecule has 0 aliphatic heterocycles. The zero-order valence-electron chi connectivity index (χ0n) is 11.7. The highest BCUT2D eigenvalue weighted by atomic mass is 32.1. The first-order chi connectivity index (χ1) is 9.61. The Morgan fingerprint density at radius 1 is 1.40 bits per heavy atom. The number of nitrogens with one attached hydrogen (secondary N) is 1. The van der Waals surface area contributed by atoms with Gasteiger partial charge in [-0.2, -0.15) is 0 Å². The van der Waals surface area contributed by atoms with Crippen LogP contribution in [0.3, 0.4) is 0 Å². The van der Waals surface area contributed by atoms with Crippen LogP contribution in [0.5, 0.6) is 0 Å². The third-order valence-corrected chi connectivity index (χ3v) is 3.92. The van der Waals surface area contributed by atoms with Crippen LogP contribution in [0.4, 0.5) is 5.13 Å². The van der Waals surface area contributed by atoms with E-state index in [-0.39, 0.29) is 17.9 Å². The van der Waals surface area contributed by atoms with Gasteiger partial charge in [0.05, 0.1) is 11.6 Å². The highest BCUT2D eigenvalue weighted by Gasteiger charge is 2.19. The molecular weight excluding hydrogens is 270 g/mol. The van der Waals surface area contributed by atoms with Gasteiger partial charge in [0.1, 0.15) is 0 Å². The lowest BCUT2D eigenvalue weighted by Gasteiger charge is -2.14. The Morgan fingerprint density at radius 2 is 2.10 bits per heavy atom. The van der Waals surface area contributed by atoms with Crippen molar-refractivity contribution in [1.29, 1.82) is 0 Å². The largest absolute Gasteiger partial charge is 0.323 e. The average molecular weight is 289 g/mol. The molecule has 1 aromatic carbocycles. The molecule has 2 unspecified atom stereocenters. The molecular formula is C15H19N3OS. The molecule has 20 heavy (non-hydrogen) atoms. The van der Waals surface area contributed by atoms with E-state index in [9.17, 15) is 4.79 Å². The Kier molecular flexibility index (Phi) is 4.87. The summed E-state index contributed by atoms with van der Waals surface area (Å²) >= 11 is 1.41. The van der Waals surface area contributed by atoms with Crippen molar-refractivity contribution in [2.75, 3.05) is 5.32 Å². The Bertz CT molecular complexity index is 566. The quantitative estimate of drug-likeness (QED) is 0.887. The number of rotatable bonds is 5. The highest BCUT2D eigenvalue weighted by Crippen LogP contribution is 2.24. The molecule has 0 fully saturated rings. The van der Waals surface area contributed by atoms with E-state index in [1.807, 2.05) is 49.6 Å². The Labute approximate surface area is 123 Å². The number of carbonyl (C=O) groups excluding carboxylic acids is 1. The van der Waals surface area contributed by atoms with Crippen LogP contribution in [-0.4, -0.2) is 10.9 Å². The molecule has 2 aromatic rings. The van der Waals surface area contributed by atoms with E-state index < -0.39 is 0 Å². The van der Waals surface area contributed by atoms with E-state index in [1.54, 1.807) is 0 Å². The molecule has 2 rings (SSSR count). The van der Waals surface area contributed by atoms with Crippen LogP contribution >= 0.6 is 11.3 Å². The van der Waals surface area contributed by atoms with Crippen molar-refractivity contribution in [2.24, 2.45) is 5.73 Å². The number of carbonyl (C=O) groups is 1. The smallest absolute Gasteiger partial charge is 0.233 e. The number of thiazole rings is 1. The third-order valence-electron chi connectivity index (χ3n) is 3.15. The lowest BCUT2D eigenvalue weighted by Crippen LogP contribution is -2.20. The van der Waals surface area contributed by atoms with Gasteiger partial charge < -0.3 is 11.1 Å². The van der Waals surface area contributed by atoms with Gasteiger partial charge in [-0.3, -0.25) is 4.79 Å². The lowest BCUT2D eigenvalue weighted by molar-refractivity contribution is -0.117. The zero-order valence-corrected chi connectivity index (χ0v) is 12.5. The van der Waals surface area contributed by atoms with Gasteiger partial charge in [0.15, 0.2) is 5.13 Å². The molecule has 1 amide bonds. The van der Waals surface area contributed by atoms with E-state index in [0.717, 1.165) is 17.7 Å². The molecule has 1 heterocycles. The van der Waals surface area contributed by atoms with Crippen LogP contribution in [0.15, 0.2) is 35.7 Å². The first-order valence-corrected chi connectivity index (χ1v) is 7.56. The number of hydrogen-bond donors (Lipinski definition) is 2. The lowest BCUT2D eigenvalue weighted by atomic mass is 9.96. The summed E-state index contributed by atoms with van der Waals surface area (Å²) < 4.78 is 0. The van der Waals surface area contributed by atoms with Gasteiger partial charge in [-0.05, 0) is 18.9 Å². The van der Waals surface area contributed by atoms with Crippen molar-refractivity contribution in [3.05, 3.63) is 47.0 Å². The summed E-state index contributed by atoms with van der Waals surface area (Å²) in [5.41, 5.74) is 7.59. The van der Waals surface area contributed by atoms with E-state index >= 15 is 0 Å². The minimum Gasteiger partial charge on any atom is -0.323 e. The number of nitrogens with zero attached hydrogens (tertiary/aromatic N) is 1. The second kappa shape index (κ2) is 6.63. The molecule has 0 spiro atoms. The zero-order chi connectivity index (χ0) is 14.5. The topological polar surface area (TPSA) is 68.0 Å². The maximum absolute atomic E-state index is 12.3. The van der Waals surface area contributed by atoms with Gasteiger partial charge in [-0.25, -0.2) is 4.98 Å². The fourth-order valence-electron chi connectivity index (χ4n) is 2.00. The maximum atomic E-state index is 12.3. The average Bonchev–Trinajstić information content (AvgIpc) is 2.89. The molecule has 5 heteroatoms. The second-order valence-corrected chi connectivity index (χ2v) is 5.59. The fraction of sp³-hybridized carbons (Fsp3) is 0.333. The molecule has 0 bridgehead atoms. The van der Waals surface area contributed by atoms with Crippen molar-refractivity contribution in [3.63, 3.8) is 0 Å². The summed E-state index contributed by atoms with van der Waals surface area (Å²) in [7, 11) is 0. The van der Waals surface area contributed by atoms with E-state index in [2.05, 4.69) is 10.3 Å². The SMILES string of the molecule is CCC(C(=O)Nc1nc(C(C)N)cs1)c1ccccc1. The Hall–Kier alpha value is -1.72. The number of hydrogen-bond acceptors (Lipinski definition) is 4. The summed E-state index contributed by atoms with van der Waals surface area (Å²) in [6.07, 6.45) is 0.751. The predicted molar refractivity (Wildman–Crippen MR) is 82.8 cm³/mol. The second-order valence-electron chi connectivity index (χ2n) is 4.73. The van der Waals surface area contributed by atoms with E-state index in [4.69, 9.17) is 5.73 Å². The van der Waals surface area contributed by atoms with Crippen LogP contribution < -0.4 is 11.1 Å². The molecule has 106 valence electrons. The van der Waals surface area contributed by atoms with Crippen LogP contribution in [0.25, 0.3) is 0 Å². The van der Waals surface area contributed by atoms with Crippen molar-refractivity contribution in [2.45, 2.75) is 32.2 Å². The summed E-state index contributed by atoms with van der Waals surface area (Å²) in [5, 5.41) is 5.37.